The molecule has 1 rings (SSSR count). The third kappa shape index (κ3) is 8.03. The van der Waals surface area contributed by atoms with Crippen LogP contribution in [-0.2, 0) is 24.5 Å². The smallest absolute Gasteiger partial charge is 0.348 e. The Hall–Kier alpha value is -1.74. The van der Waals surface area contributed by atoms with Crippen LogP contribution in [0.5, 0.6) is 0 Å². The van der Waals surface area contributed by atoms with Crippen molar-refractivity contribution in [3.8, 4) is 0 Å². The zero-order valence-electron chi connectivity index (χ0n) is 18.6. The first kappa shape index (κ1) is 27.3. The Morgan fingerprint density at radius 3 is 1.81 bits per heavy atom. The molecule has 31 heavy (non-hydrogen) atoms. The van der Waals surface area contributed by atoms with Crippen LogP contribution in [0.4, 0.5) is 0 Å². The largest absolute Gasteiger partial charge is 0.479 e. The van der Waals surface area contributed by atoms with E-state index in [1.807, 2.05) is 0 Å². The fraction of sp³-hybridized carbons (Fsp3) is 0.773. The number of hydrogen-bond acceptors (Lipinski definition) is 5. The van der Waals surface area contributed by atoms with Crippen LogP contribution in [-0.4, -0.2) is 45.6 Å². The maximum atomic E-state index is 12.0. The van der Waals surface area contributed by atoms with Crippen LogP contribution in [0.2, 0.25) is 0 Å². The SMILES string of the molecule is CCCCCCCCC=CCCCCCCC(C(=O)O)(N1C(=O)CCC1=O)S(=O)(=O)O. The summed E-state index contributed by atoms with van der Waals surface area (Å²) in [4.78, 5) is 33.1. The van der Waals surface area contributed by atoms with Crippen LogP contribution in [0.25, 0.3) is 0 Å². The van der Waals surface area contributed by atoms with E-state index in [1.54, 1.807) is 0 Å². The Morgan fingerprint density at radius 2 is 1.35 bits per heavy atom. The highest BCUT2D eigenvalue weighted by molar-refractivity contribution is 7.88. The van der Waals surface area contributed by atoms with Gasteiger partial charge in [-0.25, -0.2) is 9.69 Å². The first-order chi connectivity index (χ1) is 14.7. The van der Waals surface area contributed by atoms with Crippen LogP contribution in [0, 0.1) is 0 Å². The minimum atomic E-state index is -5.22. The number of carbonyl (C=O) groups excluding carboxylic acids is 2. The molecule has 1 aliphatic rings. The number of carbonyl (C=O) groups is 3. The second-order valence-corrected chi connectivity index (χ2v) is 9.79. The quantitative estimate of drug-likeness (QED) is 0.142. The van der Waals surface area contributed by atoms with Gasteiger partial charge in [-0.1, -0.05) is 64.0 Å². The lowest BCUT2D eigenvalue weighted by Crippen LogP contribution is -2.61. The van der Waals surface area contributed by atoms with E-state index in [4.69, 9.17) is 0 Å². The molecule has 0 spiro atoms. The molecule has 1 aliphatic heterocycles. The molecule has 9 heteroatoms. The third-order valence-electron chi connectivity index (χ3n) is 5.70. The minimum absolute atomic E-state index is 0.157. The van der Waals surface area contributed by atoms with Gasteiger partial charge in [-0.3, -0.25) is 14.1 Å². The van der Waals surface area contributed by atoms with Gasteiger partial charge in [0.25, 0.3) is 4.87 Å². The average molecular weight is 460 g/mol. The lowest BCUT2D eigenvalue weighted by molar-refractivity contribution is -0.157. The van der Waals surface area contributed by atoms with Crippen LogP contribution in [0.1, 0.15) is 103 Å². The monoisotopic (exact) mass is 459 g/mol. The molecule has 0 aromatic rings. The Labute approximate surface area is 185 Å². The van der Waals surface area contributed by atoms with Crippen molar-refractivity contribution in [2.24, 2.45) is 0 Å². The number of amides is 2. The van der Waals surface area contributed by atoms with Crippen molar-refractivity contribution in [3.05, 3.63) is 12.2 Å². The number of likely N-dealkylation sites (tertiary alicyclic amines) is 1. The number of allylic oxidation sites excluding steroid dienone is 2. The molecule has 2 N–H and O–H groups in total. The van der Waals surface area contributed by atoms with Gasteiger partial charge >= 0.3 is 16.1 Å². The van der Waals surface area contributed by atoms with Gasteiger partial charge in [-0.05, 0) is 38.5 Å². The molecule has 0 aromatic heterocycles. The summed E-state index contributed by atoms with van der Waals surface area (Å²) in [7, 11) is -5.22. The Morgan fingerprint density at radius 1 is 0.903 bits per heavy atom. The highest BCUT2D eigenvalue weighted by atomic mass is 32.2. The van der Waals surface area contributed by atoms with E-state index in [1.165, 1.54) is 38.5 Å². The molecule has 0 aromatic carbocycles. The molecular formula is C22H37NO7S. The highest BCUT2D eigenvalue weighted by Crippen LogP contribution is 2.34. The van der Waals surface area contributed by atoms with Crippen LogP contribution < -0.4 is 0 Å². The molecule has 0 saturated carbocycles. The lowest BCUT2D eigenvalue weighted by atomic mass is 10.0. The van der Waals surface area contributed by atoms with Crippen molar-refractivity contribution in [2.75, 3.05) is 0 Å². The fourth-order valence-corrected chi connectivity index (χ4v) is 4.96. The second-order valence-electron chi connectivity index (χ2n) is 8.17. The van der Waals surface area contributed by atoms with Gasteiger partial charge in [0.2, 0.25) is 11.8 Å². The van der Waals surface area contributed by atoms with Gasteiger partial charge in [0.1, 0.15) is 0 Å². The van der Waals surface area contributed by atoms with Crippen molar-refractivity contribution in [1.82, 2.24) is 4.90 Å². The Balaban J connectivity index is 2.41. The number of hydrogen-bond donors (Lipinski definition) is 2. The topological polar surface area (TPSA) is 129 Å². The molecule has 1 atom stereocenters. The zero-order chi connectivity index (χ0) is 23.3. The van der Waals surface area contributed by atoms with Crippen molar-refractivity contribution in [1.29, 1.82) is 0 Å². The number of rotatable bonds is 17. The van der Waals surface area contributed by atoms with E-state index in [0.29, 0.717) is 6.42 Å². The molecule has 2 amide bonds. The van der Waals surface area contributed by atoms with Crippen molar-refractivity contribution < 1.29 is 32.5 Å². The molecule has 1 fully saturated rings. The molecule has 1 saturated heterocycles. The number of carboxylic acid groups (broad SMARTS) is 1. The van der Waals surface area contributed by atoms with Gasteiger partial charge < -0.3 is 5.11 Å². The molecular weight excluding hydrogens is 422 g/mol. The van der Waals surface area contributed by atoms with Gasteiger partial charge in [0.05, 0.1) is 0 Å². The summed E-state index contributed by atoms with van der Waals surface area (Å²) in [5.41, 5.74) is 0. The van der Waals surface area contributed by atoms with E-state index in [0.717, 1.165) is 25.7 Å². The maximum Gasteiger partial charge on any atom is 0.348 e. The van der Waals surface area contributed by atoms with Gasteiger partial charge in [-0.2, -0.15) is 8.42 Å². The van der Waals surface area contributed by atoms with E-state index in [2.05, 4.69) is 19.1 Å². The standard InChI is InChI=1S/C22H37NO7S/c1-2-3-4-5-6-7-8-9-10-11-12-13-14-15-18-22(21(26)27,31(28,29)30)23-19(24)16-17-20(23)25/h9-10H,2-8,11-18H2,1H3,(H,26,27)(H,28,29,30). The predicted molar refractivity (Wildman–Crippen MR) is 118 cm³/mol. The Kier molecular flexibility index (Phi) is 12.0. The lowest BCUT2D eigenvalue weighted by Gasteiger charge is -2.33. The van der Waals surface area contributed by atoms with Gasteiger partial charge in [0, 0.05) is 12.8 Å². The summed E-state index contributed by atoms with van der Waals surface area (Å²) in [6.07, 6.45) is 15.2. The Bertz CT molecular complexity index is 716. The summed E-state index contributed by atoms with van der Waals surface area (Å²) in [6, 6.07) is 0. The number of aliphatic carboxylic acids is 1. The molecule has 1 unspecified atom stereocenters. The maximum absolute atomic E-state index is 12.0. The summed E-state index contributed by atoms with van der Waals surface area (Å²) < 4.78 is 33.5. The number of carboxylic acids is 1. The van der Waals surface area contributed by atoms with E-state index in [-0.39, 0.29) is 24.2 Å². The van der Waals surface area contributed by atoms with E-state index >= 15 is 0 Å². The number of nitrogens with zero attached hydrogens (tertiary/aromatic N) is 1. The summed E-state index contributed by atoms with van der Waals surface area (Å²) in [5, 5.41) is 9.56. The molecule has 1 heterocycles. The molecule has 0 radical (unpaired) electrons. The summed E-state index contributed by atoms with van der Waals surface area (Å²) in [5.74, 6) is -3.68. The average Bonchev–Trinajstić information content (AvgIpc) is 3.02. The fourth-order valence-electron chi connectivity index (χ4n) is 3.91. The van der Waals surface area contributed by atoms with Crippen LogP contribution in [0.3, 0.4) is 0 Å². The molecule has 8 nitrogen and oxygen atoms in total. The second kappa shape index (κ2) is 13.6. The number of imide groups is 1. The van der Waals surface area contributed by atoms with Crippen LogP contribution >= 0.6 is 0 Å². The highest BCUT2D eigenvalue weighted by Gasteiger charge is 2.60. The predicted octanol–water partition coefficient (Wildman–Crippen LogP) is 4.45. The van der Waals surface area contributed by atoms with Gasteiger partial charge in [0.15, 0.2) is 0 Å². The first-order valence-corrected chi connectivity index (χ1v) is 12.8. The van der Waals surface area contributed by atoms with E-state index < -0.39 is 39.2 Å². The van der Waals surface area contributed by atoms with Crippen molar-refractivity contribution in [2.45, 2.75) is 108 Å². The molecule has 0 aliphatic carbocycles. The van der Waals surface area contributed by atoms with Gasteiger partial charge in [-0.15, -0.1) is 0 Å². The van der Waals surface area contributed by atoms with Crippen LogP contribution in [0.15, 0.2) is 12.2 Å². The van der Waals surface area contributed by atoms with Crippen molar-refractivity contribution in [3.63, 3.8) is 0 Å². The zero-order valence-corrected chi connectivity index (χ0v) is 19.4. The first-order valence-electron chi connectivity index (χ1n) is 11.4. The third-order valence-corrected chi connectivity index (χ3v) is 7.12. The normalized spacial score (nSPS) is 16.9. The minimum Gasteiger partial charge on any atom is -0.479 e. The number of unbranched alkanes of at least 4 members (excludes halogenated alkanes) is 10. The summed E-state index contributed by atoms with van der Waals surface area (Å²) in [6.45, 7) is 2.20. The molecule has 178 valence electrons. The molecule has 0 bridgehead atoms. The van der Waals surface area contributed by atoms with E-state index in [9.17, 15) is 32.5 Å². The summed E-state index contributed by atoms with van der Waals surface area (Å²) >= 11 is 0. The van der Waals surface area contributed by atoms with Crippen molar-refractivity contribution >= 4 is 27.9 Å².